The third kappa shape index (κ3) is 5.35. The lowest BCUT2D eigenvalue weighted by Crippen LogP contribution is -2.48. The first-order valence-electron chi connectivity index (χ1n) is 3.90. The van der Waals surface area contributed by atoms with Crippen LogP contribution < -0.4 is 5.32 Å². The lowest BCUT2D eigenvalue weighted by atomic mass is 10.1. The Hall–Kier alpha value is -0.910. The zero-order valence-corrected chi connectivity index (χ0v) is 7.53. The van der Waals surface area contributed by atoms with Crippen LogP contribution in [0.2, 0.25) is 0 Å². The van der Waals surface area contributed by atoms with Gasteiger partial charge in [-0.2, -0.15) is 0 Å². The summed E-state index contributed by atoms with van der Waals surface area (Å²) in [6, 6.07) is 0. The molecule has 0 aliphatic rings. The van der Waals surface area contributed by atoms with Crippen LogP contribution in [-0.2, 0) is 4.79 Å². The molecule has 4 N–H and O–H groups in total. The summed E-state index contributed by atoms with van der Waals surface area (Å²) >= 11 is 0. The van der Waals surface area contributed by atoms with Crippen molar-refractivity contribution in [3.8, 4) is 0 Å². The molecule has 0 rings (SSSR count). The van der Waals surface area contributed by atoms with E-state index in [1.165, 1.54) is 6.08 Å². The van der Waals surface area contributed by atoms with Crippen LogP contribution >= 0.6 is 0 Å². The minimum Gasteiger partial charge on any atom is -0.478 e. The Morgan fingerprint density at radius 2 is 2.00 bits per heavy atom. The minimum absolute atomic E-state index is 0.204. The van der Waals surface area contributed by atoms with Crippen molar-refractivity contribution in [2.24, 2.45) is 0 Å². The van der Waals surface area contributed by atoms with Crippen molar-refractivity contribution in [3.05, 3.63) is 12.2 Å². The van der Waals surface area contributed by atoms with Crippen LogP contribution in [0.4, 0.5) is 0 Å². The predicted molar refractivity (Wildman–Crippen MR) is 47.4 cm³/mol. The van der Waals surface area contributed by atoms with Gasteiger partial charge in [0.25, 0.3) is 0 Å². The van der Waals surface area contributed by atoms with Gasteiger partial charge < -0.3 is 20.6 Å². The lowest BCUT2D eigenvalue weighted by Gasteiger charge is -2.25. The fourth-order valence-electron chi connectivity index (χ4n) is 0.627. The molecule has 0 spiro atoms. The maximum atomic E-state index is 10.0. The molecule has 0 bridgehead atoms. The number of carboxylic acids is 1. The Labute approximate surface area is 76.7 Å². The van der Waals surface area contributed by atoms with E-state index < -0.39 is 11.5 Å². The van der Waals surface area contributed by atoms with E-state index in [1.54, 1.807) is 6.92 Å². The van der Waals surface area contributed by atoms with Crippen LogP contribution in [0.1, 0.15) is 6.92 Å². The highest BCUT2D eigenvalue weighted by Crippen LogP contribution is 1.99. The Balaban J connectivity index is 3.80. The molecular formula is C8H15NO4. The molecule has 0 aromatic carbocycles. The van der Waals surface area contributed by atoms with E-state index in [2.05, 4.69) is 5.32 Å². The standard InChI is InChI=1S/C8H15NO4/c1-8(5-10,6-11)9-4-2-3-7(12)13/h2-3,9-11H,4-6H2,1H3,(H,12,13)/b3-2+. The highest BCUT2D eigenvalue weighted by molar-refractivity contribution is 5.79. The maximum absolute atomic E-state index is 10.0. The molecule has 0 unspecified atom stereocenters. The molecule has 13 heavy (non-hydrogen) atoms. The highest BCUT2D eigenvalue weighted by Gasteiger charge is 2.19. The predicted octanol–water partition coefficient (Wildman–Crippen LogP) is -1.04. The summed E-state index contributed by atoms with van der Waals surface area (Å²) in [5, 5.41) is 28.7. The number of nitrogens with one attached hydrogen (secondary N) is 1. The van der Waals surface area contributed by atoms with Crippen LogP contribution in [-0.4, -0.2) is 46.6 Å². The van der Waals surface area contributed by atoms with Crippen molar-refractivity contribution in [1.29, 1.82) is 0 Å². The number of aliphatic hydroxyl groups is 2. The average molecular weight is 189 g/mol. The fraction of sp³-hybridized carbons (Fsp3) is 0.625. The van der Waals surface area contributed by atoms with E-state index in [4.69, 9.17) is 15.3 Å². The summed E-state index contributed by atoms with van der Waals surface area (Å²) in [5.74, 6) is -1.02. The van der Waals surface area contributed by atoms with E-state index in [-0.39, 0.29) is 13.2 Å². The van der Waals surface area contributed by atoms with E-state index in [1.807, 2.05) is 0 Å². The fourth-order valence-corrected chi connectivity index (χ4v) is 0.627. The van der Waals surface area contributed by atoms with Crippen molar-refractivity contribution in [3.63, 3.8) is 0 Å². The molecule has 0 aliphatic carbocycles. The van der Waals surface area contributed by atoms with Crippen molar-refractivity contribution in [2.45, 2.75) is 12.5 Å². The summed E-state index contributed by atoms with van der Waals surface area (Å²) in [5.41, 5.74) is -0.761. The first kappa shape index (κ1) is 12.1. The van der Waals surface area contributed by atoms with E-state index >= 15 is 0 Å². The number of aliphatic hydroxyl groups excluding tert-OH is 2. The Kier molecular flexibility index (Phi) is 5.29. The smallest absolute Gasteiger partial charge is 0.328 e. The van der Waals surface area contributed by atoms with Gasteiger partial charge >= 0.3 is 5.97 Å². The molecule has 0 atom stereocenters. The molecule has 0 heterocycles. The zero-order valence-electron chi connectivity index (χ0n) is 7.53. The summed E-state index contributed by atoms with van der Waals surface area (Å²) in [7, 11) is 0. The summed E-state index contributed by atoms with van der Waals surface area (Å²) in [6.07, 6.45) is 2.41. The molecule has 5 nitrogen and oxygen atoms in total. The number of carboxylic acid groups (broad SMARTS) is 1. The molecule has 0 saturated heterocycles. The van der Waals surface area contributed by atoms with Crippen molar-refractivity contribution in [1.82, 2.24) is 5.32 Å². The average Bonchev–Trinajstić information content (AvgIpc) is 2.12. The number of hydrogen-bond acceptors (Lipinski definition) is 4. The second kappa shape index (κ2) is 5.69. The number of carbonyl (C=O) groups is 1. The molecule has 76 valence electrons. The number of aliphatic carboxylic acids is 1. The first-order valence-corrected chi connectivity index (χ1v) is 3.90. The number of hydrogen-bond donors (Lipinski definition) is 4. The molecule has 0 aromatic heterocycles. The van der Waals surface area contributed by atoms with Crippen molar-refractivity contribution in [2.75, 3.05) is 19.8 Å². The Morgan fingerprint density at radius 3 is 2.38 bits per heavy atom. The largest absolute Gasteiger partial charge is 0.478 e. The van der Waals surface area contributed by atoms with E-state index in [0.717, 1.165) is 6.08 Å². The molecule has 0 amide bonds. The Bertz CT molecular complexity index is 187. The maximum Gasteiger partial charge on any atom is 0.328 e. The second-order valence-electron chi connectivity index (χ2n) is 3.00. The normalized spacial score (nSPS) is 12.2. The summed E-state index contributed by atoms with van der Waals surface area (Å²) in [4.78, 5) is 10.0. The van der Waals surface area contributed by atoms with Crippen LogP contribution in [0.3, 0.4) is 0 Å². The van der Waals surface area contributed by atoms with E-state index in [0.29, 0.717) is 6.54 Å². The summed E-state index contributed by atoms with van der Waals surface area (Å²) in [6.45, 7) is 1.53. The highest BCUT2D eigenvalue weighted by atomic mass is 16.4. The molecule has 0 fully saturated rings. The van der Waals surface area contributed by atoms with Gasteiger partial charge in [0.15, 0.2) is 0 Å². The van der Waals surface area contributed by atoms with Crippen molar-refractivity contribution >= 4 is 5.97 Å². The van der Waals surface area contributed by atoms with Gasteiger partial charge in [0, 0.05) is 12.6 Å². The molecular weight excluding hydrogens is 174 g/mol. The third-order valence-electron chi connectivity index (χ3n) is 1.61. The lowest BCUT2D eigenvalue weighted by molar-refractivity contribution is -0.131. The molecule has 0 aromatic rings. The van der Waals surface area contributed by atoms with Gasteiger partial charge in [-0.15, -0.1) is 0 Å². The first-order chi connectivity index (χ1) is 6.04. The van der Waals surface area contributed by atoms with Gasteiger partial charge in [0.1, 0.15) is 0 Å². The third-order valence-corrected chi connectivity index (χ3v) is 1.61. The van der Waals surface area contributed by atoms with Crippen LogP contribution in [0.25, 0.3) is 0 Å². The second-order valence-corrected chi connectivity index (χ2v) is 3.00. The Morgan fingerprint density at radius 1 is 1.46 bits per heavy atom. The van der Waals surface area contributed by atoms with Crippen LogP contribution in [0.15, 0.2) is 12.2 Å². The molecule has 0 radical (unpaired) electrons. The molecule has 0 aliphatic heterocycles. The number of rotatable bonds is 6. The van der Waals surface area contributed by atoms with E-state index in [9.17, 15) is 4.79 Å². The molecule has 5 heteroatoms. The van der Waals surface area contributed by atoms with Gasteiger partial charge in [-0.25, -0.2) is 4.79 Å². The molecule has 0 saturated carbocycles. The van der Waals surface area contributed by atoms with Gasteiger partial charge in [-0.1, -0.05) is 6.08 Å². The quantitative estimate of drug-likeness (QED) is 0.401. The van der Waals surface area contributed by atoms with Gasteiger partial charge in [0.2, 0.25) is 0 Å². The van der Waals surface area contributed by atoms with Gasteiger partial charge in [-0.3, -0.25) is 0 Å². The van der Waals surface area contributed by atoms with Crippen molar-refractivity contribution < 1.29 is 20.1 Å². The van der Waals surface area contributed by atoms with Crippen LogP contribution in [0.5, 0.6) is 0 Å². The monoisotopic (exact) mass is 189 g/mol. The van der Waals surface area contributed by atoms with Crippen LogP contribution in [0, 0.1) is 0 Å². The van der Waals surface area contributed by atoms with Gasteiger partial charge in [0.05, 0.1) is 18.8 Å². The topological polar surface area (TPSA) is 89.8 Å². The SMILES string of the molecule is CC(CO)(CO)NC/C=C/C(=O)O. The zero-order chi connectivity index (χ0) is 10.3. The van der Waals surface area contributed by atoms with Gasteiger partial charge in [-0.05, 0) is 6.92 Å². The minimum atomic E-state index is -1.02. The summed E-state index contributed by atoms with van der Waals surface area (Å²) < 4.78 is 0.